The molecule has 0 aliphatic rings. The molecule has 3 rings (SSSR count). The molecule has 3 aromatic rings. The Hall–Kier alpha value is -2.31. The van der Waals surface area contributed by atoms with Gasteiger partial charge in [-0.2, -0.15) is 0 Å². The highest BCUT2D eigenvalue weighted by Crippen LogP contribution is 2.21. The molecule has 0 saturated carbocycles. The fourth-order valence-electron chi connectivity index (χ4n) is 2.30. The van der Waals surface area contributed by atoms with Crippen molar-refractivity contribution in [1.29, 1.82) is 0 Å². The SMILES string of the molecule is Cc1cccc(CNc2ccc(NS(=O)(=O)c3cccs3)cc2)c1. The third kappa shape index (κ3) is 4.15. The highest BCUT2D eigenvalue weighted by atomic mass is 32.2. The van der Waals surface area contributed by atoms with Crippen LogP contribution in [-0.4, -0.2) is 8.42 Å². The molecular formula is C18H18N2O2S2. The normalized spacial score (nSPS) is 11.2. The topological polar surface area (TPSA) is 58.2 Å². The van der Waals surface area contributed by atoms with E-state index < -0.39 is 10.0 Å². The van der Waals surface area contributed by atoms with Gasteiger partial charge < -0.3 is 5.32 Å². The number of benzene rings is 2. The molecule has 0 spiro atoms. The zero-order valence-corrected chi connectivity index (χ0v) is 14.8. The van der Waals surface area contributed by atoms with Crippen LogP contribution in [0.4, 0.5) is 11.4 Å². The van der Waals surface area contributed by atoms with Crippen molar-refractivity contribution in [1.82, 2.24) is 0 Å². The van der Waals surface area contributed by atoms with Crippen LogP contribution in [0.5, 0.6) is 0 Å². The van der Waals surface area contributed by atoms with Gasteiger partial charge in [0, 0.05) is 17.9 Å². The maximum atomic E-state index is 12.2. The lowest BCUT2D eigenvalue weighted by molar-refractivity contribution is 0.603. The van der Waals surface area contributed by atoms with Crippen LogP contribution in [-0.2, 0) is 16.6 Å². The molecule has 0 aliphatic heterocycles. The zero-order chi connectivity index (χ0) is 17.0. The summed E-state index contributed by atoms with van der Waals surface area (Å²) in [7, 11) is -3.49. The van der Waals surface area contributed by atoms with Gasteiger partial charge in [0.15, 0.2) is 0 Å². The lowest BCUT2D eigenvalue weighted by Crippen LogP contribution is -2.11. The van der Waals surface area contributed by atoms with Crippen LogP contribution in [0.15, 0.2) is 70.3 Å². The molecule has 0 bridgehead atoms. The Bertz CT molecular complexity index is 902. The van der Waals surface area contributed by atoms with Crippen LogP contribution >= 0.6 is 11.3 Å². The maximum Gasteiger partial charge on any atom is 0.271 e. The van der Waals surface area contributed by atoms with Gasteiger partial charge in [-0.3, -0.25) is 4.72 Å². The van der Waals surface area contributed by atoms with Crippen molar-refractivity contribution in [2.75, 3.05) is 10.0 Å². The summed E-state index contributed by atoms with van der Waals surface area (Å²) in [5.41, 5.74) is 3.92. The Kier molecular flexibility index (Phi) is 4.87. The maximum absolute atomic E-state index is 12.2. The van der Waals surface area contributed by atoms with E-state index in [1.807, 2.05) is 18.2 Å². The minimum Gasteiger partial charge on any atom is -0.381 e. The molecule has 6 heteroatoms. The number of hydrogen-bond acceptors (Lipinski definition) is 4. The molecule has 2 aromatic carbocycles. The van der Waals surface area contributed by atoms with Gasteiger partial charge >= 0.3 is 0 Å². The smallest absolute Gasteiger partial charge is 0.271 e. The first-order chi connectivity index (χ1) is 11.5. The van der Waals surface area contributed by atoms with Crippen LogP contribution in [0.3, 0.4) is 0 Å². The summed E-state index contributed by atoms with van der Waals surface area (Å²) >= 11 is 1.20. The standard InChI is InChI=1S/C18H18N2O2S2/c1-14-4-2-5-15(12-14)13-19-16-7-9-17(10-8-16)20-24(21,22)18-6-3-11-23-18/h2-12,19-20H,13H2,1H3. The Morgan fingerprint density at radius 1 is 0.958 bits per heavy atom. The quantitative estimate of drug-likeness (QED) is 0.683. The Morgan fingerprint density at radius 3 is 2.38 bits per heavy atom. The van der Waals surface area contributed by atoms with Gasteiger partial charge in [0.1, 0.15) is 4.21 Å². The van der Waals surface area contributed by atoms with Crippen LogP contribution in [0.25, 0.3) is 0 Å². The average molecular weight is 358 g/mol. The van der Waals surface area contributed by atoms with Crippen molar-refractivity contribution in [2.45, 2.75) is 17.7 Å². The van der Waals surface area contributed by atoms with Gasteiger partial charge in [0.05, 0.1) is 0 Å². The molecule has 0 unspecified atom stereocenters. The Morgan fingerprint density at radius 2 is 1.71 bits per heavy atom. The molecule has 124 valence electrons. The predicted molar refractivity (Wildman–Crippen MR) is 100 cm³/mol. The monoisotopic (exact) mass is 358 g/mol. The van der Waals surface area contributed by atoms with Gasteiger partial charge in [0.25, 0.3) is 10.0 Å². The van der Waals surface area contributed by atoms with Crippen molar-refractivity contribution < 1.29 is 8.42 Å². The number of nitrogens with one attached hydrogen (secondary N) is 2. The highest BCUT2D eigenvalue weighted by molar-refractivity contribution is 7.94. The van der Waals surface area contributed by atoms with Crippen LogP contribution in [0.1, 0.15) is 11.1 Å². The number of rotatable bonds is 6. The summed E-state index contributed by atoms with van der Waals surface area (Å²) in [5.74, 6) is 0. The second-order valence-corrected chi connectivity index (χ2v) is 8.31. The number of thiophene rings is 1. The summed E-state index contributed by atoms with van der Waals surface area (Å²) in [4.78, 5) is 0. The van der Waals surface area contributed by atoms with Crippen molar-refractivity contribution >= 4 is 32.7 Å². The number of anilines is 2. The van der Waals surface area contributed by atoms with Crippen molar-refractivity contribution in [3.05, 3.63) is 77.2 Å². The third-order valence-electron chi connectivity index (χ3n) is 3.48. The largest absolute Gasteiger partial charge is 0.381 e. The van der Waals surface area contributed by atoms with Crippen molar-refractivity contribution in [2.24, 2.45) is 0 Å². The molecule has 4 nitrogen and oxygen atoms in total. The van der Waals surface area contributed by atoms with E-state index >= 15 is 0 Å². The van der Waals surface area contributed by atoms with E-state index in [0.29, 0.717) is 9.90 Å². The second-order valence-electron chi connectivity index (χ2n) is 5.46. The number of hydrogen-bond donors (Lipinski definition) is 2. The van der Waals surface area contributed by atoms with E-state index in [2.05, 4.69) is 35.2 Å². The molecule has 24 heavy (non-hydrogen) atoms. The van der Waals surface area contributed by atoms with Crippen LogP contribution < -0.4 is 10.0 Å². The Labute approximate surface area is 146 Å². The molecule has 0 aliphatic carbocycles. The van der Waals surface area contributed by atoms with E-state index in [1.165, 1.54) is 22.5 Å². The average Bonchev–Trinajstić information content (AvgIpc) is 3.09. The minimum absolute atomic E-state index is 0.309. The van der Waals surface area contributed by atoms with Gasteiger partial charge in [0.2, 0.25) is 0 Å². The lowest BCUT2D eigenvalue weighted by Gasteiger charge is -2.09. The number of sulfonamides is 1. The molecule has 0 atom stereocenters. The minimum atomic E-state index is -3.49. The second kappa shape index (κ2) is 7.07. The number of aryl methyl sites for hydroxylation is 1. The molecule has 1 heterocycles. The molecular weight excluding hydrogens is 340 g/mol. The highest BCUT2D eigenvalue weighted by Gasteiger charge is 2.14. The zero-order valence-electron chi connectivity index (χ0n) is 13.2. The first kappa shape index (κ1) is 16.5. The summed E-state index contributed by atoms with van der Waals surface area (Å²) in [6.07, 6.45) is 0. The summed E-state index contributed by atoms with van der Waals surface area (Å²) in [6.45, 7) is 2.79. The van der Waals surface area contributed by atoms with E-state index in [9.17, 15) is 8.42 Å². The van der Waals surface area contributed by atoms with E-state index in [-0.39, 0.29) is 0 Å². The van der Waals surface area contributed by atoms with E-state index in [4.69, 9.17) is 0 Å². The third-order valence-corrected chi connectivity index (χ3v) is 6.25. The van der Waals surface area contributed by atoms with Crippen molar-refractivity contribution in [3.63, 3.8) is 0 Å². The molecule has 2 N–H and O–H groups in total. The van der Waals surface area contributed by atoms with E-state index in [0.717, 1.165) is 12.2 Å². The molecule has 0 saturated heterocycles. The van der Waals surface area contributed by atoms with Gasteiger partial charge in [-0.25, -0.2) is 8.42 Å². The van der Waals surface area contributed by atoms with Gasteiger partial charge in [-0.15, -0.1) is 11.3 Å². The van der Waals surface area contributed by atoms with E-state index in [1.54, 1.807) is 29.6 Å². The lowest BCUT2D eigenvalue weighted by atomic mass is 10.1. The predicted octanol–water partition coefficient (Wildman–Crippen LogP) is 4.47. The Balaban J connectivity index is 1.63. The molecule has 1 aromatic heterocycles. The molecule has 0 amide bonds. The first-order valence-corrected chi connectivity index (χ1v) is 9.85. The fraction of sp³-hybridized carbons (Fsp3) is 0.111. The fourth-order valence-corrected chi connectivity index (χ4v) is 4.36. The molecule has 0 radical (unpaired) electrons. The first-order valence-electron chi connectivity index (χ1n) is 7.49. The summed E-state index contributed by atoms with van der Waals surface area (Å²) < 4.78 is 27.2. The van der Waals surface area contributed by atoms with Gasteiger partial charge in [-0.1, -0.05) is 35.9 Å². The van der Waals surface area contributed by atoms with Crippen LogP contribution in [0.2, 0.25) is 0 Å². The summed E-state index contributed by atoms with van der Waals surface area (Å²) in [5, 5.41) is 5.07. The molecule has 0 fully saturated rings. The summed E-state index contributed by atoms with van der Waals surface area (Å²) in [6, 6.07) is 18.9. The van der Waals surface area contributed by atoms with Gasteiger partial charge in [-0.05, 0) is 48.2 Å². The van der Waals surface area contributed by atoms with Crippen molar-refractivity contribution in [3.8, 4) is 0 Å². The van der Waals surface area contributed by atoms with Crippen LogP contribution in [0, 0.1) is 6.92 Å².